The Bertz CT molecular complexity index is 532. The van der Waals surface area contributed by atoms with Crippen LogP contribution in [0.3, 0.4) is 0 Å². The fourth-order valence-corrected chi connectivity index (χ4v) is 6.20. The Kier molecular flexibility index (Phi) is 6.55. The second-order valence-corrected chi connectivity index (χ2v) is 10.0. The molecule has 1 aliphatic rings. The van der Waals surface area contributed by atoms with Crippen molar-refractivity contribution in [1.29, 1.82) is 0 Å². The first-order chi connectivity index (χ1) is 10.00. The summed E-state index contributed by atoms with van der Waals surface area (Å²) in [6.07, 6.45) is 1.83. The zero-order valence-corrected chi connectivity index (χ0v) is 15.1. The molecule has 0 amide bonds. The van der Waals surface area contributed by atoms with Crippen molar-refractivity contribution < 1.29 is 8.42 Å². The predicted molar refractivity (Wildman–Crippen MR) is 91.9 cm³/mol. The van der Waals surface area contributed by atoms with Crippen molar-refractivity contribution in [3.05, 3.63) is 17.0 Å². The van der Waals surface area contributed by atoms with Gasteiger partial charge in [0, 0.05) is 36.3 Å². The van der Waals surface area contributed by atoms with Gasteiger partial charge in [0.25, 0.3) is 10.0 Å². The first-order valence-corrected chi connectivity index (χ1v) is 10.8. The van der Waals surface area contributed by atoms with Gasteiger partial charge in [0.2, 0.25) is 0 Å². The van der Waals surface area contributed by atoms with E-state index in [2.05, 4.69) is 19.2 Å². The van der Waals surface area contributed by atoms with Crippen molar-refractivity contribution in [3.63, 3.8) is 0 Å². The summed E-state index contributed by atoms with van der Waals surface area (Å²) >= 11 is 3.25. The fourth-order valence-electron chi connectivity index (χ4n) is 2.21. The van der Waals surface area contributed by atoms with E-state index in [0.29, 0.717) is 23.3 Å². The maximum atomic E-state index is 12.6. The lowest BCUT2D eigenvalue weighted by Gasteiger charge is -2.18. The Morgan fingerprint density at radius 3 is 2.86 bits per heavy atom. The normalized spacial score (nSPS) is 18.0. The minimum atomic E-state index is -3.29. The third kappa shape index (κ3) is 4.96. The lowest BCUT2D eigenvalue weighted by Crippen LogP contribution is -2.32. The van der Waals surface area contributed by atoms with Crippen molar-refractivity contribution in [2.24, 2.45) is 0 Å². The number of rotatable bonds is 6. The Balaban J connectivity index is 2.01. The third-order valence-electron chi connectivity index (χ3n) is 3.34. The van der Waals surface area contributed by atoms with Crippen LogP contribution in [0.5, 0.6) is 0 Å². The van der Waals surface area contributed by atoms with Gasteiger partial charge in [-0.1, -0.05) is 13.8 Å². The monoisotopic (exact) mass is 348 g/mol. The van der Waals surface area contributed by atoms with Gasteiger partial charge < -0.3 is 5.32 Å². The number of nitrogens with zero attached hydrogens (tertiary/aromatic N) is 1. The quantitative estimate of drug-likeness (QED) is 0.858. The van der Waals surface area contributed by atoms with E-state index in [-0.39, 0.29) is 0 Å². The number of hydrogen-bond donors (Lipinski definition) is 1. The number of sulfonamides is 1. The molecule has 7 heteroatoms. The largest absolute Gasteiger partial charge is 0.314 e. The van der Waals surface area contributed by atoms with E-state index in [9.17, 15) is 8.42 Å². The van der Waals surface area contributed by atoms with Crippen LogP contribution in [0, 0.1) is 0 Å². The molecule has 1 aromatic heterocycles. The molecule has 2 rings (SSSR count). The molecular weight excluding hydrogens is 324 g/mol. The first-order valence-electron chi connectivity index (χ1n) is 7.40. The van der Waals surface area contributed by atoms with Gasteiger partial charge in [0.1, 0.15) is 4.21 Å². The van der Waals surface area contributed by atoms with E-state index < -0.39 is 10.0 Å². The van der Waals surface area contributed by atoms with Crippen molar-refractivity contribution in [1.82, 2.24) is 9.62 Å². The van der Waals surface area contributed by atoms with Crippen LogP contribution in [0.4, 0.5) is 0 Å². The van der Waals surface area contributed by atoms with Crippen LogP contribution in [0.15, 0.2) is 16.3 Å². The molecule has 2 heterocycles. The van der Waals surface area contributed by atoms with Crippen LogP contribution >= 0.6 is 23.1 Å². The van der Waals surface area contributed by atoms with Crippen molar-refractivity contribution in [2.45, 2.75) is 36.9 Å². The van der Waals surface area contributed by atoms with Gasteiger partial charge in [0.05, 0.1) is 0 Å². The summed E-state index contributed by atoms with van der Waals surface area (Å²) in [4.78, 5) is 1.13. The van der Waals surface area contributed by atoms with E-state index in [1.807, 2.05) is 17.8 Å². The van der Waals surface area contributed by atoms with Crippen LogP contribution in [-0.2, 0) is 16.4 Å². The molecule has 0 saturated carbocycles. The van der Waals surface area contributed by atoms with Gasteiger partial charge in [-0.05, 0) is 30.7 Å². The molecule has 0 spiro atoms. The smallest absolute Gasteiger partial charge is 0.252 e. The van der Waals surface area contributed by atoms with E-state index in [1.54, 1.807) is 10.4 Å². The van der Waals surface area contributed by atoms with Crippen LogP contribution in [0.2, 0.25) is 0 Å². The molecule has 0 bridgehead atoms. The summed E-state index contributed by atoms with van der Waals surface area (Å²) in [5.41, 5.74) is 0. The maximum absolute atomic E-state index is 12.6. The molecule has 21 heavy (non-hydrogen) atoms. The minimum absolute atomic E-state index is 0.461. The van der Waals surface area contributed by atoms with Crippen molar-refractivity contribution in [3.8, 4) is 0 Å². The van der Waals surface area contributed by atoms with E-state index in [4.69, 9.17) is 0 Å². The van der Waals surface area contributed by atoms with E-state index >= 15 is 0 Å². The molecular formula is C14H24N2O2S3. The summed E-state index contributed by atoms with van der Waals surface area (Å²) in [7, 11) is -3.29. The second kappa shape index (κ2) is 7.97. The second-order valence-electron chi connectivity index (χ2n) is 5.45. The van der Waals surface area contributed by atoms with Gasteiger partial charge in [0.15, 0.2) is 0 Å². The van der Waals surface area contributed by atoms with Crippen molar-refractivity contribution >= 4 is 33.1 Å². The number of thiophene rings is 1. The molecule has 0 aromatic carbocycles. The fraction of sp³-hybridized carbons (Fsp3) is 0.714. The summed E-state index contributed by atoms with van der Waals surface area (Å²) in [5.74, 6) is 1.96. The van der Waals surface area contributed by atoms with Crippen LogP contribution in [0.25, 0.3) is 0 Å². The van der Waals surface area contributed by atoms with Crippen LogP contribution in [0.1, 0.15) is 25.1 Å². The molecule has 0 aliphatic carbocycles. The molecule has 1 saturated heterocycles. The molecule has 0 radical (unpaired) electrons. The molecule has 0 unspecified atom stereocenters. The van der Waals surface area contributed by atoms with Gasteiger partial charge in [-0.2, -0.15) is 16.1 Å². The third-order valence-corrected chi connectivity index (χ3v) is 7.90. The molecule has 1 aliphatic heterocycles. The summed E-state index contributed by atoms with van der Waals surface area (Å²) in [6.45, 7) is 6.40. The summed E-state index contributed by atoms with van der Waals surface area (Å²) in [5, 5.41) is 3.36. The molecule has 4 nitrogen and oxygen atoms in total. The van der Waals surface area contributed by atoms with Gasteiger partial charge in [-0.25, -0.2) is 8.42 Å². The predicted octanol–water partition coefficient (Wildman–Crippen LogP) is 2.42. The van der Waals surface area contributed by atoms with E-state index in [0.717, 1.165) is 35.8 Å². The summed E-state index contributed by atoms with van der Waals surface area (Å²) in [6, 6.07) is 4.18. The topological polar surface area (TPSA) is 49.4 Å². The van der Waals surface area contributed by atoms with Gasteiger partial charge in [-0.3, -0.25) is 0 Å². The Morgan fingerprint density at radius 1 is 1.29 bits per heavy atom. The Morgan fingerprint density at radius 2 is 2.10 bits per heavy atom. The lowest BCUT2D eigenvalue weighted by atomic mass is 10.3. The zero-order chi connectivity index (χ0) is 15.3. The van der Waals surface area contributed by atoms with Crippen molar-refractivity contribution in [2.75, 3.05) is 31.1 Å². The lowest BCUT2D eigenvalue weighted by molar-refractivity contribution is 0.436. The SMILES string of the molecule is CC(C)NCCc1ccc(S(=O)(=O)N2CCCSCC2)s1. The van der Waals surface area contributed by atoms with Crippen LogP contribution < -0.4 is 5.32 Å². The Labute approximate surface area is 136 Å². The summed E-state index contributed by atoms with van der Waals surface area (Å²) < 4.78 is 27.4. The number of thioether (sulfide) groups is 1. The molecule has 1 N–H and O–H groups in total. The first kappa shape index (κ1) is 17.3. The number of nitrogens with one attached hydrogen (secondary N) is 1. The highest BCUT2D eigenvalue weighted by atomic mass is 32.2. The minimum Gasteiger partial charge on any atom is -0.314 e. The number of hydrogen-bond acceptors (Lipinski definition) is 5. The Hall–Kier alpha value is -0.0800. The average molecular weight is 349 g/mol. The molecule has 0 atom stereocenters. The molecule has 120 valence electrons. The van der Waals surface area contributed by atoms with E-state index in [1.165, 1.54) is 11.3 Å². The molecule has 1 aromatic rings. The zero-order valence-electron chi connectivity index (χ0n) is 12.7. The van der Waals surface area contributed by atoms with Gasteiger partial charge >= 0.3 is 0 Å². The highest BCUT2D eigenvalue weighted by molar-refractivity contribution is 7.99. The van der Waals surface area contributed by atoms with Gasteiger partial charge in [-0.15, -0.1) is 11.3 Å². The molecule has 1 fully saturated rings. The standard InChI is InChI=1S/C14H24N2O2S3/c1-12(2)15-7-6-13-4-5-14(20-13)21(17,18)16-8-3-10-19-11-9-16/h4-5,12,15H,3,6-11H2,1-2H3. The average Bonchev–Trinajstić information content (AvgIpc) is 2.73. The highest BCUT2D eigenvalue weighted by Gasteiger charge is 2.26. The maximum Gasteiger partial charge on any atom is 0.252 e. The van der Waals surface area contributed by atoms with Crippen LogP contribution in [-0.4, -0.2) is 49.9 Å². The highest BCUT2D eigenvalue weighted by Crippen LogP contribution is 2.26.